The minimum atomic E-state index is -4.49. The zero-order chi connectivity index (χ0) is 20.6. The molecule has 154 valence electrons. The number of piperazine rings is 1. The van der Waals surface area contributed by atoms with E-state index in [0.717, 1.165) is 23.6 Å². The number of carbonyl (C=O) groups is 1. The van der Waals surface area contributed by atoms with Gasteiger partial charge in [0.1, 0.15) is 18.2 Å². The summed E-state index contributed by atoms with van der Waals surface area (Å²) in [5.41, 5.74) is 0.147. The molecule has 4 rings (SSSR count). The van der Waals surface area contributed by atoms with E-state index in [1.807, 2.05) is 24.3 Å². The second-order valence-electron chi connectivity index (χ2n) is 7.16. The Bertz CT molecular complexity index is 914. The fraction of sp³-hybridized carbons (Fsp3) is 0.400. The number of anilines is 1. The Hall–Kier alpha value is -2.48. The van der Waals surface area contributed by atoms with E-state index in [-0.39, 0.29) is 16.8 Å². The molecule has 1 aromatic carbocycles. The summed E-state index contributed by atoms with van der Waals surface area (Å²) in [6.45, 7) is 2.16. The molecule has 29 heavy (non-hydrogen) atoms. The maximum absolute atomic E-state index is 12.9. The molecular formula is C20H19ClF3N3O2. The average Bonchev–Trinajstić information content (AvgIpc) is 2.72. The highest BCUT2D eigenvalue weighted by Crippen LogP contribution is 2.34. The molecule has 9 heteroatoms. The number of fused-ring (bicyclic) bond motifs is 1. The monoisotopic (exact) mass is 425 g/mol. The highest BCUT2D eigenvalue weighted by atomic mass is 35.5. The fourth-order valence-corrected chi connectivity index (χ4v) is 3.99. The molecule has 0 N–H and O–H groups in total. The number of alkyl halides is 3. The van der Waals surface area contributed by atoms with Crippen molar-refractivity contribution in [2.45, 2.75) is 12.6 Å². The number of rotatable bonds is 2. The highest BCUT2D eigenvalue weighted by molar-refractivity contribution is 6.33. The van der Waals surface area contributed by atoms with Crippen LogP contribution in [0.3, 0.4) is 0 Å². The molecule has 5 nitrogen and oxygen atoms in total. The Balaban J connectivity index is 1.38. The van der Waals surface area contributed by atoms with Crippen LogP contribution >= 0.6 is 11.6 Å². The first-order chi connectivity index (χ1) is 13.8. The van der Waals surface area contributed by atoms with Gasteiger partial charge in [0.2, 0.25) is 5.91 Å². The third kappa shape index (κ3) is 4.12. The smallest absolute Gasteiger partial charge is 0.417 e. The van der Waals surface area contributed by atoms with Crippen molar-refractivity contribution >= 4 is 23.3 Å². The van der Waals surface area contributed by atoms with Crippen LogP contribution < -0.4 is 9.64 Å². The van der Waals surface area contributed by atoms with E-state index in [9.17, 15) is 18.0 Å². The van der Waals surface area contributed by atoms with Gasteiger partial charge in [0.05, 0.1) is 16.5 Å². The lowest BCUT2D eigenvalue weighted by Gasteiger charge is -2.38. The lowest BCUT2D eigenvalue weighted by atomic mass is 9.95. The van der Waals surface area contributed by atoms with E-state index in [0.29, 0.717) is 45.0 Å². The van der Waals surface area contributed by atoms with Crippen LogP contribution in [-0.4, -0.2) is 48.6 Å². The molecular weight excluding hydrogens is 407 g/mol. The zero-order valence-electron chi connectivity index (χ0n) is 15.5. The molecule has 2 aliphatic heterocycles. The van der Waals surface area contributed by atoms with Crippen molar-refractivity contribution in [3.8, 4) is 5.75 Å². The molecule has 1 saturated heterocycles. The summed E-state index contributed by atoms with van der Waals surface area (Å²) < 4.78 is 44.1. The average molecular weight is 426 g/mol. The van der Waals surface area contributed by atoms with Crippen LogP contribution in [0.1, 0.15) is 11.1 Å². The van der Waals surface area contributed by atoms with Gasteiger partial charge in [-0.2, -0.15) is 13.2 Å². The number of pyridine rings is 1. The molecule has 1 amide bonds. The number of benzene rings is 1. The molecule has 2 aliphatic rings. The van der Waals surface area contributed by atoms with Gasteiger partial charge in [-0.15, -0.1) is 0 Å². The van der Waals surface area contributed by atoms with Gasteiger partial charge in [-0.25, -0.2) is 4.98 Å². The summed E-state index contributed by atoms with van der Waals surface area (Å²) in [6.07, 6.45) is -3.06. The Morgan fingerprint density at radius 1 is 1.17 bits per heavy atom. The molecule has 2 aromatic rings. The quantitative estimate of drug-likeness (QED) is 0.736. The summed E-state index contributed by atoms with van der Waals surface area (Å²) in [5.74, 6) is 0.931. The van der Waals surface area contributed by atoms with Gasteiger partial charge in [-0.3, -0.25) is 4.79 Å². The van der Waals surface area contributed by atoms with E-state index in [4.69, 9.17) is 16.3 Å². The molecule has 1 atom stereocenters. The van der Waals surface area contributed by atoms with Gasteiger partial charge >= 0.3 is 6.18 Å². The summed E-state index contributed by atoms with van der Waals surface area (Å²) in [5, 5.41) is -0.0445. The van der Waals surface area contributed by atoms with Gasteiger partial charge in [-0.1, -0.05) is 29.8 Å². The van der Waals surface area contributed by atoms with Crippen molar-refractivity contribution in [2.75, 3.05) is 37.7 Å². The largest absolute Gasteiger partial charge is 0.492 e. The minimum Gasteiger partial charge on any atom is -0.492 e. The second kappa shape index (κ2) is 7.74. The number of hydrogen-bond acceptors (Lipinski definition) is 4. The number of halogens is 4. The fourth-order valence-electron chi connectivity index (χ4n) is 3.70. The molecule has 0 bridgehead atoms. The number of para-hydroxylation sites is 1. The van der Waals surface area contributed by atoms with Crippen LogP contribution in [0.4, 0.5) is 19.0 Å². The topological polar surface area (TPSA) is 45.7 Å². The van der Waals surface area contributed by atoms with Crippen molar-refractivity contribution in [1.29, 1.82) is 0 Å². The van der Waals surface area contributed by atoms with Crippen LogP contribution in [0.25, 0.3) is 0 Å². The van der Waals surface area contributed by atoms with Gasteiger partial charge < -0.3 is 14.5 Å². The third-order valence-corrected chi connectivity index (χ3v) is 5.55. The molecule has 0 aliphatic carbocycles. The van der Waals surface area contributed by atoms with Crippen LogP contribution in [0.15, 0.2) is 36.5 Å². The molecule has 0 radical (unpaired) electrons. The maximum Gasteiger partial charge on any atom is 0.417 e. The number of amides is 1. The minimum absolute atomic E-state index is 0.0330. The Morgan fingerprint density at radius 2 is 1.90 bits per heavy atom. The van der Waals surface area contributed by atoms with Crippen molar-refractivity contribution < 1.29 is 22.7 Å². The van der Waals surface area contributed by atoms with Crippen molar-refractivity contribution in [3.63, 3.8) is 0 Å². The number of ether oxygens (including phenoxy) is 1. The standard InChI is InChI=1S/C20H19ClF3N3O2/c21-16-10-15(20(22,23)24)11-25-18(16)26-5-7-27(8-6-26)19(28)14-9-13-3-1-2-4-17(13)29-12-14/h1-4,10-11,14H,5-9,12H2. The summed E-state index contributed by atoms with van der Waals surface area (Å²) in [7, 11) is 0. The molecule has 0 saturated carbocycles. The van der Waals surface area contributed by atoms with Crippen LogP contribution in [0.5, 0.6) is 5.75 Å². The number of carbonyl (C=O) groups excluding carboxylic acids is 1. The van der Waals surface area contributed by atoms with Crippen LogP contribution in [0.2, 0.25) is 5.02 Å². The number of nitrogens with zero attached hydrogens (tertiary/aromatic N) is 3. The van der Waals surface area contributed by atoms with Gasteiger partial charge in [0.15, 0.2) is 0 Å². The summed E-state index contributed by atoms with van der Waals surface area (Å²) >= 11 is 6.04. The van der Waals surface area contributed by atoms with Crippen LogP contribution in [0, 0.1) is 5.92 Å². The van der Waals surface area contributed by atoms with E-state index < -0.39 is 11.7 Å². The Labute approximate surface area is 171 Å². The predicted molar refractivity (Wildman–Crippen MR) is 102 cm³/mol. The predicted octanol–water partition coefficient (Wildman–Crippen LogP) is 3.65. The summed E-state index contributed by atoms with van der Waals surface area (Å²) in [6, 6.07) is 8.58. The van der Waals surface area contributed by atoms with Crippen molar-refractivity contribution in [3.05, 3.63) is 52.7 Å². The normalized spacial score (nSPS) is 19.5. The molecule has 0 spiro atoms. The van der Waals surface area contributed by atoms with Gasteiger partial charge in [0.25, 0.3) is 0 Å². The lowest BCUT2D eigenvalue weighted by molar-refractivity contribution is -0.138. The van der Waals surface area contributed by atoms with E-state index in [1.165, 1.54) is 0 Å². The number of hydrogen-bond donors (Lipinski definition) is 0. The van der Waals surface area contributed by atoms with E-state index >= 15 is 0 Å². The first-order valence-electron chi connectivity index (χ1n) is 9.30. The van der Waals surface area contributed by atoms with Gasteiger partial charge in [-0.05, 0) is 24.1 Å². The second-order valence-corrected chi connectivity index (χ2v) is 7.57. The first-order valence-corrected chi connectivity index (χ1v) is 9.68. The van der Waals surface area contributed by atoms with Crippen LogP contribution in [-0.2, 0) is 17.4 Å². The third-order valence-electron chi connectivity index (χ3n) is 5.27. The van der Waals surface area contributed by atoms with Crippen molar-refractivity contribution in [2.24, 2.45) is 5.92 Å². The number of aromatic nitrogens is 1. The Kier molecular flexibility index (Phi) is 5.29. The zero-order valence-corrected chi connectivity index (χ0v) is 16.2. The van der Waals surface area contributed by atoms with E-state index in [2.05, 4.69) is 4.98 Å². The molecule has 3 heterocycles. The van der Waals surface area contributed by atoms with Crippen molar-refractivity contribution in [1.82, 2.24) is 9.88 Å². The first kappa shape index (κ1) is 19.8. The Morgan fingerprint density at radius 3 is 2.59 bits per heavy atom. The lowest BCUT2D eigenvalue weighted by Crippen LogP contribution is -2.52. The van der Waals surface area contributed by atoms with Gasteiger partial charge in [0, 0.05) is 32.4 Å². The SMILES string of the molecule is O=C(C1COc2ccccc2C1)N1CCN(c2ncc(C(F)(F)F)cc2Cl)CC1. The summed E-state index contributed by atoms with van der Waals surface area (Å²) in [4.78, 5) is 20.4. The molecule has 1 aromatic heterocycles. The molecule has 1 unspecified atom stereocenters. The molecule has 1 fully saturated rings. The van der Waals surface area contributed by atoms with E-state index in [1.54, 1.807) is 9.80 Å². The maximum atomic E-state index is 12.9. The highest BCUT2D eigenvalue weighted by Gasteiger charge is 2.34.